The van der Waals surface area contributed by atoms with Gasteiger partial charge in [0.2, 0.25) is 5.91 Å². The smallest absolute Gasteiger partial charge is 0.255 e. The molecule has 20 heavy (non-hydrogen) atoms. The summed E-state index contributed by atoms with van der Waals surface area (Å²) in [5.74, 6) is 0.000867. The number of likely N-dealkylation sites (tertiary alicyclic amines) is 1. The molecule has 0 aliphatic carbocycles. The minimum Gasteiger partial charge on any atom is -0.354 e. The Morgan fingerprint density at radius 1 is 1.45 bits per heavy atom. The number of carbonyl (C=O) groups is 2. The molecule has 0 spiro atoms. The van der Waals surface area contributed by atoms with Crippen LogP contribution in [0.15, 0.2) is 18.2 Å². The molecule has 0 bridgehead atoms. The van der Waals surface area contributed by atoms with Gasteiger partial charge in [-0.05, 0) is 53.6 Å². The summed E-state index contributed by atoms with van der Waals surface area (Å²) >= 11 is 8.14. The highest BCUT2D eigenvalue weighted by atomic mass is 127. The van der Waals surface area contributed by atoms with E-state index in [1.54, 1.807) is 12.1 Å². The van der Waals surface area contributed by atoms with E-state index >= 15 is 0 Å². The lowest BCUT2D eigenvalue weighted by Crippen LogP contribution is -2.48. The van der Waals surface area contributed by atoms with E-state index in [1.807, 2.05) is 11.0 Å². The number of nitrogens with one attached hydrogen (secondary N) is 1. The van der Waals surface area contributed by atoms with Crippen molar-refractivity contribution in [1.29, 1.82) is 0 Å². The van der Waals surface area contributed by atoms with Gasteiger partial charge in [-0.15, -0.1) is 0 Å². The van der Waals surface area contributed by atoms with Crippen molar-refractivity contribution in [2.75, 3.05) is 13.1 Å². The van der Waals surface area contributed by atoms with Crippen molar-refractivity contribution in [2.24, 2.45) is 5.92 Å². The van der Waals surface area contributed by atoms with Crippen LogP contribution in [0.4, 0.5) is 0 Å². The number of hydrogen-bond acceptors (Lipinski definition) is 2. The summed E-state index contributed by atoms with van der Waals surface area (Å²) in [7, 11) is 0. The van der Waals surface area contributed by atoms with Crippen LogP contribution in [-0.4, -0.2) is 35.8 Å². The maximum Gasteiger partial charge on any atom is 0.255 e. The zero-order chi connectivity index (χ0) is 14.3. The Morgan fingerprint density at radius 2 is 2.25 bits per heavy atom. The van der Waals surface area contributed by atoms with Gasteiger partial charge in [0, 0.05) is 21.7 Å². The third-order valence-electron chi connectivity index (χ3n) is 4.02. The molecule has 106 valence electrons. The molecule has 2 atom stereocenters. The van der Waals surface area contributed by atoms with Gasteiger partial charge in [-0.2, -0.15) is 0 Å². The van der Waals surface area contributed by atoms with Crippen LogP contribution in [0.5, 0.6) is 0 Å². The summed E-state index contributed by atoms with van der Waals surface area (Å²) in [5.41, 5.74) is 0.623. The molecule has 2 unspecified atom stereocenters. The van der Waals surface area contributed by atoms with Gasteiger partial charge in [0.1, 0.15) is 0 Å². The standard InChI is InChI=1S/C14H14ClIN2O2/c15-8-3-4-11(16)10(6-8)14(20)18-5-1-2-9-12(18)7-17-13(9)19/h3-4,6,9,12H,1-2,5,7H2,(H,17,19). The predicted molar refractivity (Wildman–Crippen MR) is 84.7 cm³/mol. The van der Waals surface area contributed by atoms with Crippen molar-refractivity contribution in [1.82, 2.24) is 10.2 Å². The number of benzene rings is 1. The van der Waals surface area contributed by atoms with Crippen LogP contribution < -0.4 is 5.32 Å². The minimum atomic E-state index is -0.0513. The first kappa shape index (κ1) is 14.1. The Morgan fingerprint density at radius 3 is 3.05 bits per heavy atom. The number of rotatable bonds is 1. The highest BCUT2D eigenvalue weighted by molar-refractivity contribution is 14.1. The van der Waals surface area contributed by atoms with Gasteiger partial charge in [-0.3, -0.25) is 9.59 Å². The molecule has 3 rings (SSSR count). The Labute approximate surface area is 136 Å². The predicted octanol–water partition coefficient (Wildman–Crippen LogP) is 2.30. The van der Waals surface area contributed by atoms with Crippen molar-refractivity contribution in [2.45, 2.75) is 18.9 Å². The first-order chi connectivity index (χ1) is 9.58. The van der Waals surface area contributed by atoms with Crippen molar-refractivity contribution >= 4 is 46.0 Å². The quantitative estimate of drug-likeness (QED) is 0.730. The Balaban J connectivity index is 1.90. The van der Waals surface area contributed by atoms with Crippen LogP contribution in [0.25, 0.3) is 0 Å². The van der Waals surface area contributed by atoms with Gasteiger partial charge in [0.15, 0.2) is 0 Å². The van der Waals surface area contributed by atoms with E-state index in [-0.39, 0.29) is 23.8 Å². The molecule has 0 radical (unpaired) electrons. The van der Waals surface area contributed by atoms with Crippen molar-refractivity contribution in [3.05, 3.63) is 32.4 Å². The maximum absolute atomic E-state index is 12.7. The van der Waals surface area contributed by atoms with Crippen molar-refractivity contribution in [3.8, 4) is 0 Å². The fourth-order valence-electron chi connectivity index (χ4n) is 3.02. The zero-order valence-corrected chi connectivity index (χ0v) is 13.6. The van der Waals surface area contributed by atoms with Gasteiger partial charge >= 0.3 is 0 Å². The van der Waals surface area contributed by atoms with Crippen LogP contribution in [0, 0.1) is 9.49 Å². The van der Waals surface area contributed by atoms with Gasteiger partial charge in [0.05, 0.1) is 17.5 Å². The summed E-state index contributed by atoms with van der Waals surface area (Å²) in [5, 5.41) is 3.42. The molecule has 4 nitrogen and oxygen atoms in total. The third kappa shape index (κ3) is 2.41. The van der Waals surface area contributed by atoms with E-state index in [0.29, 0.717) is 23.7 Å². The lowest BCUT2D eigenvalue weighted by molar-refractivity contribution is -0.123. The largest absolute Gasteiger partial charge is 0.354 e. The maximum atomic E-state index is 12.7. The molecule has 1 N–H and O–H groups in total. The number of carbonyl (C=O) groups excluding carboxylic acids is 2. The van der Waals surface area contributed by atoms with E-state index < -0.39 is 0 Å². The number of halogens is 2. The molecule has 1 aromatic rings. The average Bonchev–Trinajstić information content (AvgIpc) is 2.83. The highest BCUT2D eigenvalue weighted by Gasteiger charge is 2.42. The van der Waals surface area contributed by atoms with Crippen LogP contribution in [0.2, 0.25) is 5.02 Å². The van der Waals surface area contributed by atoms with E-state index in [2.05, 4.69) is 27.9 Å². The molecule has 2 aliphatic heterocycles. The lowest BCUT2D eigenvalue weighted by atomic mass is 9.91. The molecule has 2 amide bonds. The molecule has 2 heterocycles. The summed E-state index contributed by atoms with van der Waals surface area (Å²) in [6.07, 6.45) is 1.74. The molecule has 0 aromatic heterocycles. The van der Waals surface area contributed by atoms with Gasteiger partial charge < -0.3 is 10.2 Å². The first-order valence-corrected chi connectivity index (χ1v) is 8.07. The molecular weight excluding hydrogens is 391 g/mol. The fraction of sp³-hybridized carbons (Fsp3) is 0.429. The Hall–Kier alpha value is -0.820. The van der Waals surface area contributed by atoms with E-state index in [9.17, 15) is 9.59 Å². The number of amides is 2. The summed E-state index contributed by atoms with van der Waals surface area (Å²) < 4.78 is 0.886. The summed E-state index contributed by atoms with van der Waals surface area (Å²) in [6, 6.07) is 5.31. The molecular formula is C14H14ClIN2O2. The first-order valence-electron chi connectivity index (χ1n) is 6.61. The van der Waals surface area contributed by atoms with Crippen molar-refractivity contribution in [3.63, 3.8) is 0 Å². The topological polar surface area (TPSA) is 49.4 Å². The van der Waals surface area contributed by atoms with Crippen LogP contribution in [0.1, 0.15) is 23.2 Å². The average molecular weight is 405 g/mol. The molecule has 6 heteroatoms. The Kier molecular flexibility index (Phi) is 3.90. The number of nitrogens with zero attached hydrogens (tertiary/aromatic N) is 1. The summed E-state index contributed by atoms with van der Waals surface area (Å²) in [6.45, 7) is 1.27. The molecule has 2 saturated heterocycles. The lowest BCUT2D eigenvalue weighted by Gasteiger charge is -2.36. The SMILES string of the molecule is O=C1NCC2C1CCCN2C(=O)c1cc(Cl)ccc1I. The third-order valence-corrected chi connectivity index (χ3v) is 5.20. The number of piperidine rings is 1. The second-order valence-corrected chi connectivity index (χ2v) is 6.78. The highest BCUT2D eigenvalue weighted by Crippen LogP contribution is 2.30. The van der Waals surface area contributed by atoms with Crippen LogP contribution >= 0.6 is 34.2 Å². The Bertz CT molecular complexity index is 578. The molecule has 1 aromatic carbocycles. The van der Waals surface area contributed by atoms with E-state index in [1.165, 1.54) is 0 Å². The number of hydrogen-bond donors (Lipinski definition) is 1. The number of fused-ring (bicyclic) bond motifs is 1. The van der Waals surface area contributed by atoms with Crippen LogP contribution in [-0.2, 0) is 4.79 Å². The second-order valence-electron chi connectivity index (χ2n) is 5.18. The second kappa shape index (κ2) is 5.52. The van der Waals surface area contributed by atoms with Crippen molar-refractivity contribution < 1.29 is 9.59 Å². The van der Waals surface area contributed by atoms with E-state index in [0.717, 1.165) is 16.4 Å². The van der Waals surface area contributed by atoms with E-state index in [4.69, 9.17) is 11.6 Å². The molecule has 2 aliphatic rings. The monoisotopic (exact) mass is 404 g/mol. The molecule has 0 saturated carbocycles. The fourth-order valence-corrected chi connectivity index (χ4v) is 3.76. The molecule has 2 fully saturated rings. The minimum absolute atomic E-state index is 0.0152. The normalized spacial score (nSPS) is 25.3. The van der Waals surface area contributed by atoms with Gasteiger partial charge in [0.25, 0.3) is 5.91 Å². The zero-order valence-electron chi connectivity index (χ0n) is 10.7. The van der Waals surface area contributed by atoms with Gasteiger partial charge in [-0.25, -0.2) is 0 Å². The van der Waals surface area contributed by atoms with Crippen LogP contribution in [0.3, 0.4) is 0 Å². The summed E-state index contributed by atoms with van der Waals surface area (Å²) in [4.78, 5) is 26.3. The van der Waals surface area contributed by atoms with Gasteiger partial charge in [-0.1, -0.05) is 11.6 Å².